The van der Waals surface area contributed by atoms with Gasteiger partial charge in [0.05, 0.1) is 0 Å². The van der Waals surface area contributed by atoms with Crippen molar-refractivity contribution < 1.29 is 4.42 Å². The number of rotatable bonds is 6. The number of nitrogens with zero attached hydrogens (tertiary/aromatic N) is 2. The normalized spacial score (nSPS) is 13.9. The van der Waals surface area contributed by atoms with Crippen LogP contribution < -0.4 is 18.6 Å². The average molecular weight is 900 g/mol. The van der Waals surface area contributed by atoms with E-state index in [9.17, 15) is 0 Å². The van der Waals surface area contributed by atoms with Crippen molar-refractivity contribution >= 4 is 78.1 Å². The molecular weight excluding hydrogens is 849 g/mol. The predicted molar refractivity (Wildman–Crippen MR) is 276 cm³/mol. The van der Waals surface area contributed by atoms with Gasteiger partial charge in [-0.05, 0) is 0 Å². The van der Waals surface area contributed by atoms with Gasteiger partial charge in [-0.2, -0.15) is 0 Å². The summed E-state index contributed by atoms with van der Waals surface area (Å²) in [4.78, 5) is 4.92. The molecule has 314 valence electrons. The Kier molecular flexibility index (Phi) is 8.96. The summed E-state index contributed by atoms with van der Waals surface area (Å²) in [7, 11) is 0. The number of para-hydroxylation sites is 1. The van der Waals surface area contributed by atoms with E-state index in [2.05, 4.69) is 243 Å². The molecule has 0 N–H and O–H groups in total. The summed E-state index contributed by atoms with van der Waals surface area (Å²) in [5.74, 6) is 5.17. The topological polar surface area (TPSA) is 19.6 Å². The van der Waals surface area contributed by atoms with E-state index in [0.29, 0.717) is 0 Å². The van der Waals surface area contributed by atoms with Crippen LogP contribution in [0.5, 0.6) is 0 Å². The number of fused-ring (bicyclic) bond motifs is 13. The zero-order valence-corrected chi connectivity index (χ0v) is 39.9. The molecule has 0 saturated heterocycles. The van der Waals surface area contributed by atoms with E-state index in [1.165, 1.54) is 64.4 Å². The molecule has 1 aromatic heterocycles. The van der Waals surface area contributed by atoms with Gasteiger partial charge in [-0.1, -0.05) is 0 Å². The van der Waals surface area contributed by atoms with Crippen LogP contribution in [0.15, 0.2) is 199 Å². The van der Waals surface area contributed by atoms with Gasteiger partial charge in [0.25, 0.3) is 0 Å². The number of benzene rings is 9. The van der Waals surface area contributed by atoms with Crippen LogP contribution in [0, 0.1) is 27.7 Å². The molecule has 0 atom stereocenters. The molecule has 0 unspecified atom stereocenters. The molecule has 3 nitrogen and oxygen atoms in total. The van der Waals surface area contributed by atoms with Crippen LogP contribution in [-0.4, -0.2) is 13.3 Å². The first-order valence-corrected chi connectivity index (χ1v) is 29.1. The minimum atomic E-state index is -2.88. The number of hydrogen-bond donors (Lipinski definition) is 0. The third kappa shape index (κ3) is 5.88. The number of anilines is 6. The van der Waals surface area contributed by atoms with E-state index >= 15 is 0 Å². The fourth-order valence-electron chi connectivity index (χ4n) is 11.5. The average Bonchev–Trinajstić information content (AvgIpc) is 3.83. The molecule has 1 spiro atoms. The fraction of sp³-hybridized carbons (Fsp3) is 0.115. The zero-order valence-electron chi connectivity index (χ0n) is 37.8. The van der Waals surface area contributed by atoms with Crippen LogP contribution in [0.2, 0.25) is 11.5 Å². The second-order valence-corrected chi connectivity index (χ2v) is 27.9. The third-order valence-electron chi connectivity index (χ3n) is 14.3. The molecule has 0 amide bonds. The molecule has 0 saturated carbocycles. The van der Waals surface area contributed by atoms with Crippen LogP contribution in [-0.2, 0) is 5.41 Å². The Morgan fingerprint density at radius 1 is 0.415 bits per heavy atom. The van der Waals surface area contributed by atoms with E-state index in [0.717, 1.165) is 56.1 Å². The van der Waals surface area contributed by atoms with Crippen molar-refractivity contribution in [3.05, 3.63) is 239 Å². The van der Waals surface area contributed by atoms with E-state index in [1.54, 1.807) is 0 Å². The van der Waals surface area contributed by atoms with Crippen LogP contribution in [0.25, 0.3) is 33.1 Å². The molecule has 0 bridgehead atoms. The van der Waals surface area contributed by atoms with Crippen LogP contribution in [0.3, 0.4) is 0 Å². The van der Waals surface area contributed by atoms with E-state index < -0.39 is 18.7 Å². The molecule has 4 heteroatoms. The summed E-state index contributed by atoms with van der Waals surface area (Å²) >= 11 is -2.88. The molecule has 12 rings (SSSR count). The summed E-state index contributed by atoms with van der Waals surface area (Å²) in [6, 6.07) is 73.0. The standard InChI is InChI=1S/C61H50GeN2O/c1-39-17-13-21-43(33-39)63(44-22-14-18-40(2)34-44)47-31-32-48-52(37-47)61(50-26-8-10-28-54(50)62(5,6)55-29-11-9-27-51(55)61)53-38-56(59-49-25-7-12-30-57(49)65-60(59)58(48)53)64(45-23-15-19-41(3)35-45)46-24-16-20-42(4)36-46/h7-38H,1-6H3. The van der Waals surface area contributed by atoms with Crippen LogP contribution >= 0.6 is 0 Å². The molecule has 10 aromatic rings. The van der Waals surface area contributed by atoms with Crippen LogP contribution in [0.1, 0.15) is 44.5 Å². The number of furan rings is 1. The molecule has 0 fully saturated rings. The SMILES string of the molecule is Cc1cccc(N(c2cccc(C)c2)c2ccc3c(c2)C2(c4cccc[c]4[Ge]([CH3])([CH3])[c]4ccccc42)c2cc(N(c4cccc(C)c4)c4cccc(C)c4)c4c(oc5ccccc54)c2-3)c1. The first kappa shape index (κ1) is 39.5. The summed E-state index contributed by atoms with van der Waals surface area (Å²) < 4.78 is 10.4. The van der Waals surface area contributed by atoms with Crippen LogP contribution in [0.4, 0.5) is 34.1 Å². The first-order valence-electron chi connectivity index (χ1n) is 22.8. The van der Waals surface area contributed by atoms with Gasteiger partial charge in [0.2, 0.25) is 0 Å². The van der Waals surface area contributed by atoms with Crippen molar-refractivity contribution in [1.82, 2.24) is 0 Å². The Morgan fingerprint density at radius 3 is 1.43 bits per heavy atom. The van der Waals surface area contributed by atoms with Gasteiger partial charge in [-0.25, -0.2) is 0 Å². The second kappa shape index (κ2) is 14.7. The molecule has 0 radical (unpaired) electrons. The van der Waals surface area contributed by atoms with Gasteiger partial charge < -0.3 is 0 Å². The van der Waals surface area contributed by atoms with Gasteiger partial charge in [-0.15, -0.1) is 0 Å². The molecule has 2 heterocycles. The quantitative estimate of drug-likeness (QED) is 0.155. The molecule has 9 aromatic carbocycles. The molecular formula is C61H50GeN2O. The fourth-order valence-corrected chi connectivity index (χ4v) is 18.2. The molecule has 1 aliphatic carbocycles. The van der Waals surface area contributed by atoms with Crippen molar-refractivity contribution in [3.8, 4) is 11.1 Å². The Hall–Kier alpha value is -7.08. The van der Waals surface area contributed by atoms with Crippen molar-refractivity contribution in [2.45, 2.75) is 44.6 Å². The maximum atomic E-state index is 7.33. The van der Waals surface area contributed by atoms with Gasteiger partial charge in [0.1, 0.15) is 0 Å². The van der Waals surface area contributed by atoms with Crippen molar-refractivity contribution in [1.29, 1.82) is 0 Å². The van der Waals surface area contributed by atoms with E-state index in [-0.39, 0.29) is 0 Å². The van der Waals surface area contributed by atoms with Gasteiger partial charge in [0, 0.05) is 0 Å². The Bertz CT molecular complexity index is 3420. The summed E-state index contributed by atoms with van der Waals surface area (Å²) in [6.07, 6.45) is 0. The van der Waals surface area contributed by atoms with Gasteiger partial charge in [-0.3, -0.25) is 0 Å². The summed E-state index contributed by atoms with van der Waals surface area (Å²) in [5, 5.41) is 2.22. The maximum absolute atomic E-state index is 7.33. The molecule has 65 heavy (non-hydrogen) atoms. The van der Waals surface area contributed by atoms with E-state index in [4.69, 9.17) is 4.42 Å². The summed E-state index contributed by atoms with van der Waals surface area (Å²) in [5.41, 5.74) is 20.4. The monoisotopic (exact) mass is 900 g/mol. The number of hydrogen-bond acceptors (Lipinski definition) is 3. The van der Waals surface area contributed by atoms with E-state index in [1.807, 2.05) is 0 Å². The molecule has 2 aliphatic rings. The molecule has 1 aliphatic heterocycles. The first-order chi connectivity index (χ1) is 31.6. The van der Waals surface area contributed by atoms with Crippen molar-refractivity contribution in [2.75, 3.05) is 9.80 Å². The van der Waals surface area contributed by atoms with Gasteiger partial charge >= 0.3 is 387 Å². The summed E-state index contributed by atoms with van der Waals surface area (Å²) in [6.45, 7) is 8.74. The second-order valence-electron chi connectivity index (χ2n) is 18.8. The zero-order chi connectivity index (χ0) is 44.2. The Morgan fingerprint density at radius 2 is 0.892 bits per heavy atom. The van der Waals surface area contributed by atoms with Gasteiger partial charge in [0.15, 0.2) is 0 Å². The predicted octanol–water partition coefficient (Wildman–Crippen LogP) is 15.3. The third-order valence-corrected chi connectivity index (χ3v) is 21.7. The van der Waals surface area contributed by atoms with Crippen molar-refractivity contribution in [2.24, 2.45) is 0 Å². The Balaban J connectivity index is 1.26. The minimum absolute atomic E-state index is 0.660. The van der Waals surface area contributed by atoms with Crippen molar-refractivity contribution in [3.63, 3.8) is 0 Å². The Labute approximate surface area is 384 Å². The number of aryl methyl sites for hydroxylation is 4.